The normalized spacial score (nSPS) is 12.5. The van der Waals surface area contributed by atoms with E-state index in [4.69, 9.17) is 45.3 Å². The fourth-order valence-electron chi connectivity index (χ4n) is 3.15. The Bertz CT molecular complexity index is 1390. The van der Waals surface area contributed by atoms with E-state index in [1.54, 1.807) is 24.3 Å². The monoisotopic (exact) mass is 685 g/mol. The van der Waals surface area contributed by atoms with E-state index >= 15 is 0 Å². The highest BCUT2D eigenvalue weighted by Gasteiger charge is 2.23. The molecule has 1 aromatic heterocycles. The van der Waals surface area contributed by atoms with Crippen LogP contribution in [0.3, 0.4) is 0 Å². The zero-order valence-electron chi connectivity index (χ0n) is 18.5. The second-order valence-electron chi connectivity index (χ2n) is 7.39. The summed E-state index contributed by atoms with van der Waals surface area (Å²) in [5, 5.41) is 7.45. The number of hydrogen-bond donors (Lipinski definition) is 2. The van der Waals surface area contributed by atoms with Crippen LogP contribution in [0.25, 0.3) is 17.6 Å². The molecule has 0 aliphatic rings. The predicted molar refractivity (Wildman–Crippen MR) is 144 cm³/mol. The lowest BCUT2D eigenvalue weighted by Gasteiger charge is -2.20. The first-order chi connectivity index (χ1) is 17.4. The highest BCUT2D eigenvalue weighted by Crippen LogP contribution is 2.30. The van der Waals surface area contributed by atoms with Crippen molar-refractivity contribution in [1.29, 1.82) is 0 Å². The Morgan fingerprint density at radius 2 is 1.86 bits per heavy atom. The van der Waals surface area contributed by atoms with Gasteiger partial charge >= 0.3 is 15.7 Å². The van der Waals surface area contributed by atoms with Gasteiger partial charge < -0.3 is 15.8 Å². The van der Waals surface area contributed by atoms with Crippen LogP contribution in [0.15, 0.2) is 53.3 Å². The van der Waals surface area contributed by atoms with Crippen LogP contribution in [0.4, 0.5) is 13.6 Å². The van der Waals surface area contributed by atoms with Crippen LogP contribution in [0, 0.1) is 0 Å². The number of benzene rings is 2. The molecule has 37 heavy (non-hydrogen) atoms. The number of ether oxygens (including phenoxy) is 1. The zero-order chi connectivity index (χ0) is 27.3. The van der Waals surface area contributed by atoms with Gasteiger partial charge in [-0.3, -0.25) is 4.79 Å². The van der Waals surface area contributed by atoms with Crippen LogP contribution in [0.2, 0.25) is 15.1 Å². The smallest absolute Gasteiger partial charge is 0.404 e. The molecule has 0 saturated carbocycles. The van der Waals surface area contributed by atoms with Crippen molar-refractivity contribution in [3.63, 3.8) is 0 Å². The van der Waals surface area contributed by atoms with E-state index in [-0.39, 0.29) is 22.5 Å². The molecule has 1 unspecified atom stereocenters. The van der Waals surface area contributed by atoms with Gasteiger partial charge in [-0.1, -0.05) is 46.9 Å². The minimum absolute atomic E-state index is 0.00198. The molecule has 0 saturated heterocycles. The van der Waals surface area contributed by atoms with Gasteiger partial charge in [0.15, 0.2) is 5.82 Å². The van der Waals surface area contributed by atoms with Crippen molar-refractivity contribution >= 4 is 75.6 Å². The van der Waals surface area contributed by atoms with Crippen molar-refractivity contribution in [2.24, 2.45) is 5.73 Å². The first-order valence-corrected chi connectivity index (χ1v) is 12.4. The van der Waals surface area contributed by atoms with Crippen LogP contribution in [0.5, 0.6) is 0 Å². The van der Waals surface area contributed by atoms with Crippen LogP contribution < -0.4 is 16.7 Å². The van der Waals surface area contributed by atoms with Gasteiger partial charge in [0.1, 0.15) is 13.2 Å². The molecule has 15 heteroatoms. The van der Waals surface area contributed by atoms with Crippen molar-refractivity contribution in [3.8, 4) is 11.4 Å². The number of carbonyl (C=O) groups excluding carboxylic acids is 2. The molecule has 0 spiro atoms. The lowest BCUT2D eigenvalue weighted by Crippen LogP contribution is -2.37. The minimum atomic E-state index is -3.24. The molecule has 3 aromatic rings. The topological polar surface area (TPSA) is 121 Å². The number of carbonyl (C=O) groups is 2. The maximum atomic E-state index is 13.4. The summed E-state index contributed by atoms with van der Waals surface area (Å²) in [5.74, 6) is -0.732. The van der Waals surface area contributed by atoms with E-state index in [9.17, 15) is 23.2 Å². The number of aromatic nitrogens is 3. The Morgan fingerprint density at radius 3 is 2.49 bits per heavy atom. The number of amides is 2. The number of allylic oxidation sites excluding steroid dienone is 1. The van der Waals surface area contributed by atoms with E-state index in [0.717, 1.165) is 38.0 Å². The average molecular weight is 687 g/mol. The van der Waals surface area contributed by atoms with E-state index < -0.39 is 34.2 Å². The largest absolute Gasteiger partial charge is 0.447 e. The van der Waals surface area contributed by atoms with E-state index in [1.807, 2.05) is 0 Å². The summed E-state index contributed by atoms with van der Waals surface area (Å²) in [4.78, 5) is 37.0. The molecule has 2 amide bonds. The molecule has 0 bridgehead atoms. The van der Waals surface area contributed by atoms with Crippen molar-refractivity contribution in [2.45, 2.75) is 16.5 Å². The summed E-state index contributed by atoms with van der Waals surface area (Å²) in [7, 11) is 0. The van der Waals surface area contributed by atoms with Gasteiger partial charge in [0.25, 0.3) is 0 Å². The van der Waals surface area contributed by atoms with Crippen LogP contribution in [0.1, 0.15) is 11.6 Å². The van der Waals surface area contributed by atoms with Gasteiger partial charge in [-0.05, 0) is 35.9 Å². The first kappa shape index (κ1) is 28.9. The van der Waals surface area contributed by atoms with Gasteiger partial charge in [0.05, 0.1) is 16.1 Å². The highest BCUT2D eigenvalue weighted by atomic mass is 127. The molecule has 1 heterocycles. The molecular weight excluding hydrogens is 670 g/mol. The Kier molecular flexibility index (Phi) is 9.56. The SMILES string of the molecule is NC(=O)OCC(NC(=O)Cn1nc(-c2ccc(Cl)cc2)n(C=CC(F)(F)I)c1=O)c1cccc(Cl)c1Cl. The Hall–Kier alpha value is -2.68. The van der Waals surface area contributed by atoms with Crippen LogP contribution in [-0.2, 0) is 16.1 Å². The summed E-state index contributed by atoms with van der Waals surface area (Å²) in [6.45, 7) is -0.986. The predicted octanol–water partition coefficient (Wildman–Crippen LogP) is 5.12. The molecule has 196 valence electrons. The third kappa shape index (κ3) is 7.90. The maximum absolute atomic E-state index is 13.4. The van der Waals surface area contributed by atoms with E-state index in [1.165, 1.54) is 18.2 Å². The number of rotatable bonds is 9. The first-order valence-electron chi connectivity index (χ1n) is 10.2. The molecule has 3 N–H and O–H groups in total. The minimum Gasteiger partial charge on any atom is -0.447 e. The summed E-state index contributed by atoms with van der Waals surface area (Å²) in [6.07, 6.45) is 0.299. The second-order valence-corrected chi connectivity index (χ2v) is 10.1. The van der Waals surface area contributed by atoms with Crippen molar-refractivity contribution < 1.29 is 23.1 Å². The third-order valence-corrected chi connectivity index (χ3v) is 6.21. The molecule has 0 fully saturated rings. The number of alkyl halides is 3. The summed E-state index contributed by atoms with van der Waals surface area (Å²) < 4.78 is 30.2. The molecule has 0 radical (unpaired) electrons. The van der Waals surface area contributed by atoms with Crippen LogP contribution >= 0.6 is 57.4 Å². The molecule has 0 aliphatic heterocycles. The fraction of sp³-hybridized carbons (Fsp3) is 0.182. The number of nitrogens with two attached hydrogens (primary N) is 1. The fourth-order valence-corrected chi connectivity index (χ4v) is 3.88. The summed E-state index contributed by atoms with van der Waals surface area (Å²) in [5.41, 5.74) is 4.90. The lowest BCUT2D eigenvalue weighted by atomic mass is 10.1. The Balaban J connectivity index is 1.94. The summed E-state index contributed by atoms with van der Waals surface area (Å²) in [6, 6.07) is 9.83. The number of nitrogens with one attached hydrogen (secondary N) is 1. The van der Waals surface area contributed by atoms with Gasteiger partial charge in [-0.15, -0.1) is 5.10 Å². The quantitative estimate of drug-likeness (QED) is 0.239. The average Bonchev–Trinajstić information content (AvgIpc) is 3.12. The Labute approximate surface area is 237 Å². The molecule has 2 aromatic carbocycles. The number of nitrogens with zero attached hydrogens (tertiary/aromatic N) is 3. The molecule has 9 nitrogen and oxygen atoms in total. The zero-order valence-corrected chi connectivity index (χ0v) is 22.9. The number of primary amides is 1. The van der Waals surface area contributed by atoms with Gasteiger partial charge in [-0.25, -0.2) is 18.8 Å². The van der Waals surface area contributed by atoms with E-state index in [2.05, 4.69) is 10.4 Å². The lowest BCUT2D eigenvalue weighted by molar-refractivity contribution is -0.123. The van der Waals surface area contributed by atoms with Crippen molar-refractivity contribution in [1.82, 2.24) is 19.7 Å². The van der Waals surface area contributed by atoms with Crippen LogP contribution in [-0.4, -0.2) is 36.9 Å². The molecule has 0 aliphatic carbocycles. The van der Waals surface area contributed by atoms with Crippen molar-refractivity contribution in [3.05, 3.63) is 79.7 Å². The number of halogens is 6. The maximum Gasteiger partial charge on any atom is 0.404 e. The second kappa shape index (κ2) is 12.2. The number of hydrogen-bond acceptors (Lipinski definition) is 5. The van der Waals surface area contributed by atoms with E-state index in [0.29, 0.717) is 22.2 Å². The third-order valence-electron chi connectivity index (χ3n) is 4.76. The molecule has 1 atom stereocenters. The molecular formula is C22H17Cl3F2IN5O4. The van der Waals surface area contributed by atoms with Gasteiger partial charge in [0.2, 0.25) is 5.91 Å². The van der Waals surface area contributed by atoms with Gasteiger partial charge in [-0.2, -0.15) is 8.78 Å². The summed E-state index contributed by atoms with van der Waals surface area (Å²) >= 11 is 19.1. The standard InChI is InChI=1S/C22H17Cl3F2IN5O4/c23-13-6-4-12(5-7-13)19-31-33(21(36)32(19)9-8-22(26,27)28)10-17(34)30-16(11-37-20(29)35)14-2-1-3-15(24)18(14)25/h1-9,16H,10-11H2,(H2,29,35)(H,30,34). The highest BCUT2D eigenvalue weighted by molar-refractivity contribution is 14.1. The van der Waals surface area contributed by atoms with Gasteiger partial charge in [0, 0.05) is 45.5 Å². The van der Waals surface area contributed by atoms with Crippen molar-refractivity contribution in [2.75, 3.05) is 6.61 Å². The molecule has 3 rings (SSSR count). The Morgan fingerprint density at radius 1 is 1.19 bits per heavy atom.